The van der Waals surface area contributed by atoms with Gasteiger partial charge in [0, 0.05) is 35.0 Å². The second-order valence-corrected chi connectivity index (χ2v) is 7.50. The number of piperidine rings is 1. The molecule has 1 fully saturated rings. The highest BCUT2D eigenvalue weighted by Crippen LogP contribution is 2.28. The lowest BCUT2D eigenvalue weighted by Gasteiger charge is -2.25. The van der Waals surface area contributed by atoms with E-state index in [9.17, 15) is 19.7 Å². The van der Waals surface area contributed by atoms with E-state index >= 15 is 0 Å². The summed E-state index contributed by atoms with van der Waals surface area (Å²) in [5.74, 6) is -0.0541. The van der Waals surface area contributed by atoms with Crippen LogP contribution < -0.4 is 16.3 Å². The lowest BCUT2D eigenvalue weighted by atomic mass is 10.1. The third-order valence-electron chi connectivity index (χ3n) is 5.20. The van der Waals surface area contributed by atoms with Gasteiger partial charge in [-0.1, -0.05) is 6.42 Å². The number of nitro groups is 1. The summed E-state index contributed by atoms with van der Waals surface area (Å²) in [6, 6.07) is 12.3. The van der Waals surface area contributed by atoms with E-state index in [0.29, 0.717) is 29.0 Å². The summed E-state index contributed by atoms with van der Waals surface area (Å²) in [4.78, 5) is 36.9. The molecule has 31 heavy (non-hydrogen) atoms. The molecule has 0 bridgehead atoms. The topological polar surface area (TPSA) is 118 Å². The van der Waals surface area contributed by atoms with Crippen LogP contribution in [-0.4, -0.2) is 35.4 Å². The molecule has 1 aliphatic heterocycles. The van der Waals surface area contributed by atoms with Crippen molar-refractivity contribution in [3.8, 4) is 0 Å². The Morgan fingerprint density at radius 3 is 2.45 bits per heavy atom. The normalized spacial score (nSPS) is 14.3. The second-order valence-electron chi connectivity index (χ2n) is 7.50. The minimum atomic E-state index is -0.564. The lowest BCUT2D eigenvalue weighted by molar-refractivity contribution is -0.384. The molecule has 1 saturated heterocycles. The van der Waals surface area contributed by atoms with Crippen molar-refractivity contribution in [1.29, 1.82) is 0 Å². The van der Waals surface area contributed by atoms with Crippen molar-refractivity contribution >= 4 is 39.6 Å². The van der Waals surface area contributed by atoms with E-state index in [-0.39, 0.29) is 17.2 Å². The van der Waals surface area contributed by atoms with E-state index in [2.05, 4.69) is 15.5 Å². The molecule has 2 heterocycles. The average molecular weight is 422 g/mol. The average Bonchev–Trinajstić information content (AvgIpc) is 2.75. The number of hydrogen-bond donors (Lipinski definition) is 2. The number of rotatable bonds is 6. The Kier molecular flexibility index (Phi) is 5.94. The Hall–Kier alpha value is -3.72. The van der Waals surface area contributed by atoms with Gasteiger partial charge in [-0.3, -0.25) is 19.8 Å². The van der Waals surface area contributed by atoms with Crippen LogP contribution in [0.1, 0.15) is 19.3 Å². The highest BCUT2D eigenvalue weighted by molar-refractivity contribution is 5.94. The van der Waals surface area contributed by atoms with Gasteiger partial charge in [-0.05, 0) is 56.3 Å². The molecule has 0 aliphatic carbocycles. The SMILES string of the molecule is O=C(CN1CCCCC1)Nc1ccc(Nc2cc(=O)oc3ccc([N+](=O)[O-])cc23)cc1. The molecule has 3 aromatic rings. The first-order valence-electron chi connectivity index (χ1n) is 10.1. The van der Waals surface area contributed by atoms with Crippen molar-refractivity contribution in [1.82, 2.24) is 4.90 Å². The monoisotopic (exact) mass is 422 g/mol. The number of carbonyl (C=O) groups excluding carboxylic acids is 1. The van der Waals surface area contributed by atoms with Gasteiger partial charge in [-0.15, -0.1) is 0 Å². The van der Waals surface area contributed by atoms with Crippen LogP contribution in [0.4, 0.5) is 22.7 Å². The zero-order valence-corrected chi connectivity index (χ0v) is 16.8. The number of benzene rings is 2. The zero-order valence-electron chi connectivity index (χ0n) is 16.8. The standard InChI is InChI=1S/C22H22N4O5/c27-21(14-25-10-2-1-3-11-25)24-16-6-4-15(5-7-16)23-19-13-22(28)31-20-9-8-17(26(29)30)12-18(19)20/h4-9,12-13,23H,1-3,10-11,14H2,(H,24,27). The number of amides is 1. The summed E-state index contributed by atoms with van der Waals surface area (Å²) in [6.07, 6.45) is 3.48. The Balaban J connectivity index is 1.48. The number of non-ortho nitro benzene ring substituents is 1. The van der Waals surface area contributed by atoms with Crippen molar-refractivity contribution in [2.75, 3.05) is 30.3 Å². The quantitative estimate of drug-likeness (QED) is 0.352. The van der Waals surface area contributed by atoms with Crippen molar-refractivity contribution in [2.24, 2.45) is 0 Å². The van der Waals surface area contributed by atoms with Gasteiger partial charge in [-0.25, -0.2) is 4.79 Å². The third-order valence-corrected chi connectivity index (χ3v) is 5.20. The Labute approximate surface area is 177 Å². The Morgan fingerprint density at radius 1 is 1.03 bits per heavy atom. The van der Waals surface area contributed by atoms with Crippen LogP contribution in [-0.2, 0) is 4.79 Å². The fourth-order valence-corrected chi connectivity index (χ4v) is 3.68. The smallest absolute Gasteiger partial charge is 0.338 e. The Morgan fingerprint density at radius 2 is 1.74 bits per heavy atom. The van der Waals surface area contributed by atoms with Gasteiger partial charge in [0.05, 0.1) is 17.2 Å². The summed E-state index contributed by atoms with van der Waals surface area (Å²) in [6.45, 7) is 2.28. The summed E-state index contributed by atoms with van der Waals surface area (Å²) in [5.41, 5.74) is 1.31. The van der Waals surface area contributed by atoms with Gasteiger partial charge in [0.2, 0.25) is 5.91 Å². The van der Waals surface area contributed by atoms with Crippen LogP contribution in [0.5, 0.6) is 0 Å². The predicted molar refractivity (Wildman–Crippen MR) is 118 cm³/mol. The van der Waals surface area contributed by atoms with Gasteiger partial charge >= 0.3 is 5.63 Å². The van der Waals surface area contributed by atoms with E-state index in [4.69, 9.17) is 4.42 Å². The molecule has 9 heteroatoms. The largest absolute Gasteiger partial charge is 0.423 e. The van der Waals surface area contributed by atoms with E-state index in [1.165, 1.54) is 30.7 Å². The number of likely N-dealkylation sites (tertiary alicyclic amines) is 1. The van der Waals surface area contributed by atoms with Crippen LogP contribution in [0.2, 0.25) is 0 Å². The number of nitrogens with zero attached hydrogens (tertiary/aromatic N) is 2. The van der Waals surface area contributed by atoms with Crippen molar-refractivity contribution in [2.45, 2.75) is 19.3 Å². The molecular weight excluding hydrogens is 400 g/mol. The summed E-state index contributed by atoms with van der Waals surface area (Å²) >= 11 is 0. The van der Waals surface area contributed by atoms with Crippen LogP contribution >= 0.6 is 0 Å². The third kappa shape index (κ3) is 5.07. The molecular formula is C22H22N4O5. The number of fused-ring (bicyclic) bond motifs is 1. The molecule has 0 radical (unpaired) electrons. The predicted octanol–water partition coefficient (Wildman–Crippen LogP) is 3.87. The van der Waals surface area contributed by atoms with Gasteiger partial charge in [0.15, 0.2) is 0 Å². The molecule has 1 aliphatic rings. The molecule has 9 nitrogen and oxygen atoms in total. The molecule has 1 aromatic heterocycles. The first kappa shape index (κ1) is 20.5. The summed E-state index contributed by atoms with van der Waals surface area (Å²) in [7, 11) is 0. The molecule has 4 rings (SSSR count). The van der Waals surface area contributed by atoms with Crippen molar-refractivity contribution in [3.63, 3.8) is 0 Å². The van der Waals surface area contributed by atoms with E-state index < -0.39 is 10.5 Å². The maximum atomic E-state index is 12.3. The van der Waals surface area contributed by atoms with Gasteiger partial charge in [-0.2, -0.15) is 0 Å². The first-order valence-corrected chi connectivity index (χ1v) is 10.1. The van der Waals surface area contributed by atoms with Crippen LogP contribution in [0.15, 0.2) is 57.7 Å². The molecule has 0 atom stereocenters. The Bertz CT molecular complexity index is 1170. The zero-order chi connectivity index (χ0) is 21.8. The maximum absolute atomic E-state index is 12.3. The van der Waals surface area contributed by atoms with Crippen LogP contribution in [0.3, 0.4) is 0 Å². The molecule has 0 saturated carbocycles. The van der Waals surface area contributed by atoms with E-state index in [0.717, 1.165) is 25.9 Å². The first-order chi connectivity index (χ1) is 15.0. The van der Waals surface area contributed by atoms with Gasteiger partial charge in [0.25, 0.3) is 5.69 Å². The fourth-order valence-electron chi connectivity index (χ4n) is 3.68. The number of hydrogen-bond acceptors (Lipinski definition) is 7. The van der Waals surface area contributed by atoms with E-state index in [1.54, 1.807) is 24.3 Å². The second kappa shape index (κ2) is 8.97. The number of nitrogens with one attached hydrogen (secondary N) is 2. The highest BCUT2D eigenvalue weighted by atomic mass is 16.6. The molecule has 160 valence electrons. The van der Waals surface area contributed by atoms with Crippen LogP contribution in [0.25, 0.3) is 11.0 Å². The van der Waals surface area contributed by atoms with Crippen molar-refractivity contribution < 1.29 is 14.1 Å². The number of anilines is 3. The minimum Gasteiger partial charge on any atom is -0.423 e. The summed E-state index contributed by atoms with van der Waals surface area (Å²) in [5, 5.41) is 17.5. The molecule has 1 amide bonds. The van der Waals surface area contributed by atoms with E-state index in [1.807, 2.05) is 0 Å². The highest BCUT2D eigenvalue weighted by Gasteiger charge is 2.14. The fraction of sp³-hybridized carbons (Fsp3) is 0.273. The number of carbonyl (C=O) groups is 1. The summed E-state index contributed by atoms with van der Waals surface area (Å²) < 4.78 is 5.13. The van der Waals surface area contributed by atoms with Gasteiger partial charge < -0.3 is 15.1 Å². The van der Waals surface area contributed by atoms with Crippen molar-refractivity contribution in [3.05, 3.63) is 69.1 Å². The number of nitro benzene ring substituents is 1. The molecule has 0 unspecified atom stereocenters. The minimum absolute atomic E-state index is 0.0541. The maximum Gasteiger partial charge on any atom is 0.338 e. The van der Waals surface area contributed by atoms with Gasteiger partial charge in [0.1, 0.15) is 5.58 Å². The van der Waals surface area contributed by atoms with Crippen LogP contribution in [0, 0.1) is 10.1 Å². The molecule has 0 spiro atoms. The lowest BCUT2D eigenvalue weighted by Crippen LogP contribution is -2.36. The molecule has 2 aromatic carbocycles. The molecule has 2 N–H and O–H groups in total.